The topological polar surface area (TPSA) is 111 Å². The normalized spacial score (nSPS) is 16.1. The minimum atomic E-state index is -0.290. The molecule has 168 valence electrons. The highest BCUT2D eigenvalue weighted by molar-refractivity contribution is 14.1. The molecule has 1 aliphatic rings. The van der Waals surface area contributed by atoms with E-state index < -0.39 is 0 Å². The number of hydrogen-bond donors (Lipinski definition) is 3. The quantitative estimate of drug-likeness (QED) is 0.310. The number of aromatic nitrogens is 4. The number of carbonyl (C=O) groups is 1. The smallest absolute Gasteiger partial charge is 0.256 e. The van der Waals surface area contributed by atoms with Gasteiger partial charge in [0.05, 0.1) is 25.5 Å². The molecule has 0 saturated carbocycles. The summed E-state index contributed by atoms with van der Waals surface area (Å²) in [6.07, 6.45) is 5.50. The molecule has 1 aromatic carbocycles. The number of fused-ring (bicyclic) bond motifs is 1. The Bertz CT molecular complexity index is 1340. The lowest BCUT2D eigenvalue weighted by atomic mass is 10.1. The van der Waals surface area contributed by atoms with Crippen LogP contribution in [0.15, 0.2) is 48.8 Å². The summed E-state index contributed by atoms with van der Waals surface area (Å²) in [5, 5.41) is 12.4. The van der Waals surface area contributed by atoms with E-state index in [1.165, 1.54) is 0 Å². The van der Waals surface area contributed by atoms with Crippen LogP contribution in [0.5, 0.6) is 0 Å². The summed E-state index contributed by atoms with van der Waals surface area (Å²) in [6, 6.07) is 10.7. The van der Waals surface area contributed by atoms with Crippen LogP contribution in [0, 0.1) is 3.57 Å². The van der Waals surface area contributed by atoms with Crippen LogP contribution in [0.4, 0.5) is 11.6 Å². The number of pyridine rings is 2. The molecule has 1 aliphatic heterocycles. The molecule has 4 aromatic rings. The fourth-order valence-electron chi connectivity index (χ4n) is 4.13. The predicted molar refractivity (Wildman–Crippen MR) is 138 cm³/mol. The monoisotopic (exact) mass is 573 g/mol. The lowest BCUT2D eigenvalue weighted by Crippen LogP contribution is -2.32. The number of nitrogen functional groups attached to an aromatic ring is 1. The first-order valence-electron chi connectivity index (χ1n) is 10.6. The summed E-state index contributed by atoms with van der Waals surface area (Å²) >= 11 is 8.95. The number of nitrogens with one attached hydrogen (secondary N) is 2. The molecule has 3 aromatic heterocycles. The van der Waals surface area contributed by atoms with Crippen molar-refractivity contribution in [1.29, 1.82) is 0 Å². The minimum absolute atomic E-state index is 0.215. The number of piperidine rings is 1. The number of anilines is 2. The molecule has 0 bridgehead atoms. The van der Waals surface area contributed by atoms with Crippen molar-refractivity contribution in [2.75, 3.05) is 24.1 Å². The summed E-state index contributed by atoms with van der Waals surface area (Å²) < 4.78 is 3.03. The molecule has 10 heteroatoms. The van der Waals surface area contributed by atoms with Crippen LogP contribution in [-0.2, 0) is 0 Å². The van der Waals surface area contributed by atoms with Gasteiger partial charge in [-0.25, -0.2) is 9.97 Å². The van der Waals surface area contributed by atoms with Crippen molar-refractivity contribution in [3.05, 3.63) is 62.9 Å². The van der Waals surface area contributed by atoms with Crippen LogP contribution in [0.3, 0.4) is 0 Å². The maximum absolute atomic E-state index is 12.7. The number of nitrogens with zero attached hydrogens (tertiary/aromatic N) is 4. The van der Waals surface area contributed by atoms with Crippen molar-refractivity contribution in [3.8, 4) is 11.3 Å². The summed E-state index contributed by atoms with van der Waals surface area (Å²) in [4.78, 5) is 21.2. The molecule has 33 heavy (non-hydrogen) atoms. The van der Waals surface area contributed by atoms with Gasteiger partial charge in [0.1, 0.15) is 17.3 Å². The first-order chi connectivity index (χ1) is 16.0. The molecule has 0 spiro atoms. The van der Waals surface area contributed by atoms with Gasteiger partial charge in [0.15, 0.2) is 0 Å². The summed E-state index contributed by atoms with van der Waals surface area (Å²) in [6.45, 7) is 1.85. The Morgan fingerprint density at radius 3 is 2.88 bits per heavy atom. The lowest BCUT2D eigenvalue weighted by Gasteiger charge is -2.24. The lowest BCUT2D eigenvalue weighted by molar-refractivity contribution is 0.102. The van der Waals surface area contributed by atoms with Gasteiger partial charge in [-0.3, -0.25) is 9.48 Å². The van der Waals surface area contributed by atoms with E-state index in [2.05, 4.69) is 47.9 Å². The second-order valence-electron chi connectivity index (χ2n) is 7.87. The average molecular weight is 574 g/mol. The number of amides is 1. The molecule has 4 N–H and O–H groups in total. The van der Waals surface area contributed by atoms with Gasteiger partial charge in [-0.1, -0.05) is 23.7 Å². The summed E-state index contributed by atoms with van der Waals surface area (Å²) in [5.74, 6) is 0.590. The highest BCUT2D eigenvalue weighted by Gasteiger charge is 2.25. The maximum atomic E-state index is 12.7. The fourth-order valence-corrected chi connectivity index (χ4v) is 5.05. The number of nitrogens with two attached hydrogens (primary N) is 1. The Hall–Kier alpha value is -2.76. The Balaban J connectivity index is 1.56. The SMILES string of the molecule is Nc1ncc(I)c2c1c(-c1ccc(C(=O)Nc3ccccn3)cc1Cl)nn2C1CCCNC1. The van der Waals surface area contributed by atoms with Gasteiger partial charge in [-0.15, -0.1) is 0 Å². The second-order valence-corrected chi connectivity index (χ2v) is 9.44. The van der Waals surface area contributed by atoms with E-state index in [4.69, 9.17) is 22.4 Å². The van der Waals surface area contributed by atoms with Crippen LogP contribution >= 0.6 is 34.2 Å². The van der Waals surface area contributed by atoms with Crippen molar-refractivity contribution in [1.82, 2.24) is 25.1 Å². The van der Waals surface area contributed by atoms with Crippen molar-refractivity contribution in [2.45, 2.75) is 18.9 Å². The maximum Gasteiger partial charge on any atom is 0.256 e. The van der Waals surface area contributed by atoms with E-state index in [0.717, 1.165) is 40.4 Å². The largest absolute Gasteiger partial charge is 0.383 e. The van der Waals surface area contributed by atoms with Crippen LogP contribution in [-0.4, -0.2) is 38.7 Å². The van der Waals surface area contributed by atoms with Crippen LogP contribution in [0.25, 0.3) is 22.2 Å². The third kappa shape index (κ3) is 4.28. The van der Waals surface area contributed by atoms with Crippen LogP contribution in [0.1, 0.15) is 29.2 Å². The Labute approximate surface area is 209 Å². The molecule has 1 saturated heterocycles. The number of benzene rings is 1. The zero-order valence-electron chi connectivity index (χ0n) is 17.6. The molecule has 0 radical (unpaired) electrons. The standard InChI is InChI=1S/C23H21ClIN7O/c24-16-10-13(23(33)30-18-5-1-2-9-28-18)6-7-15(16)20-19-21(17(25)12-29-22(19)26)32(31-20)14-4-3-8-27-11-14/h1-2,5-7,9-10,12,14,27H,3-4,8,11H2,(H2,26,29)(H,28,30,33). The number of rotatable bonds is 4. The van der Waals surface area contributed by atoms with E-state index in [1.807, 2.05) is 6.07 Å². The molecule has 1 amide bonds. The van der Waals surface area contributed by atoms with Crippen molar-refractivity contribution >= 4 is 62.6 Å². The van der Waals surface area contributed by atoms with Crippen molar-refractivity contribution in [2.24, 2.45) is 0 Å². The molecule has 1 fully saturated rings. The zero-order chi connectivity index (χ0) is 22.9. The molecule has 5 rings (SSSR count). The Morgan fingerprint density at radius 2 is 2.15 bits per heavy atom. The van der Waals surface area contributed by atoms with E-state index in [-0.39, 0.29) is 11.9 Å². The van der Waals surface area contributed by atoms with Crippen LogP contribution < -0.4 is 16.4 Å². The summed E-state index contributed by atoms with van der Waals surface area (Å²) in [5.41, 5.74) is 9.08. The van der Waals surface area contributed by atoms with Crippen molar-refractivity contribution < 1.29 is 4.79 Å². The molecule has 1 unspecified atom stereocenters. The third-order valence-electron chi connectivity index (χ3n) is 5.72. The molecule has 1 atom stereocenters. The van der Waals surface area contributed by atoms with Gasteiger partial charge in [0, 0.05) is 30.1 Å². The van der Waals surface area contributed by atoms with E-state index in [9.17, 15) is 4.79 Å². The minimum Gasteiger partial charge on any atom is -0.383 e. The van der Waals surface area contributed by atoms with Gasteiger partial charge < -0.3 is 16.4 Å². The van der Waals surface area contributed by atoms with E-state index >= 15 is 0 Å². The molecular weight excluding hydrogens is 553 g/mol. The zero-order valence-corrected chi connectivity index (χ0v) is 20.5. The molecular formula is C23H21ClIN7O. The Morgan fingerprint density at radius 1 is 1.27 bits per heavy atom. The fraction of sp³-hybridized carbons (Fsp3) is 0.217. The predicted octanol–water partition coefficient (Wildman–Crippen LogP) is 4.51. The Kier molecular flexibility index (Phi) is 6.17. The average Bonchev–Trinajstić information content (AvgIpc) is 3.24. The summed E-state index contributed by atoms with van der Waals surface area (Å²) in [7, 11) is 0. The van der Waals surface area contributed by atoms with Gasteiger partial charge in [-0.2, -0.15) is 5.10 Å². The van der Waals surface area contributed by atoms with Crippen molar-refractivity contribution in [3.63, 3.8) is 0 Å². The first kappa shape index (κ1) is 22.1. The van der Waals surface area contributed by atoms with Gasteiger partial charge in [-0.05, 0) is 66.2 Å². The van der Waals surface area contributed by atoms with Gasteiger partial charge in [0.2, 0.25) is 0 Å². The van der Waals surface area contributed by atoms with Crippen LogP contribution in [0.2, 0.25) is 5.02 Å². The highest BCUT2D eigenvalue weighted by Crippen LogP contribution is 2.39. The third-order valence-corrected chi connectivity index (χ3v) is 6.82. The number of carbonyl (C=O) groups excluding carboxylic acids is 1. The second kappa shape index (κ2) is 9.24. The van der Waals surface area contributed by atoms with Gasteiger partial charge in [0.25, 0.3) is 5.91 Å². The van der Waals surface area contributed by atoms with E-state index in [0.29, 0.717) is 33.5 Å². The number of hydrogen-bond acceptors (Lipinski definition) is 6. The van der Waals surface area contributed by atoms with Gasteiger partial charge >= 0.3 is 0 Å². The van der Waals surface area contributed by atoms with E-state index in [1.54, 1.807) is 42.7 Å². The number of halogens is 2. The highest BCUT2D eigenvalue weighted by atomic mass is 127. The molecule has 8 nitrogen and oxygen atoms in total. The molecule has 0 aliphatic carbocycles. The first-order valence-corrected chi connectivity index (χ1v) is 12.0. The molecule has 4 heterocycles.